The summed E-state index contributed by atoms with van der Waals surface area (Å²) in [5.74, 6) is 0. The lowest BCUT2D eigenvalue weighted by Crippen LogP contribution is -1.93. The Morgan fingerprint density at radius 1 is 1.00 bits per heavy atom. The van der Waals surface area contributed by atoms with Gasteiger partial charge in [-0.3, -0.25) is 0 Å². The van der Waals surface area contributed by atoms with Crippen LogP contribution in [0.25, 0.3) is 33.4 Å². The minimum Gasteiger partial charge on any atom is -0.343 e. The maximum atomic E-state index is 6.01. The zero-order chi connectivity index (χ0) is 16.0. The highest BCUT2D eigenvalue weighted by Crippen LogP contribution is 2.33. The number of aromatic nitrogens is 3. The molecule has 114 valence electrons. The predicted molar refractivity (Wildman–Crippen MR) is 95.6 cm³/mol. The van der Waals surface area contributed by atoms with E-state index in [9.17, 15) is 0 Å². The van der Waals surface area contributed by atoms with Gasteiger partial charge in [-0.25, -0.2) is 4.98 Å². The fourth-order valence-corrected chi connectivity index (χ4v) is 3.20. The summed E-state index contributed by atoms with van der Waals surface area (Å²) in [6.45, 7) is 0. The molecule has 0 aliphatic rings. The molecule has 0 unspecified atom stereocenters. The third kappa shape index (κ3) is 2.34. The molecule has 4 rings (SSSR count). The van der Waals surface area contributed by atoms with E-state index in [4.69, 9.17) is 11.6 Å². The van der Waals surface area contributed by atoms with Gasteiger partial charge < -0.3 is 9.13 Å². The van der Waals surface area contributed by atoms with Crippen LogP contribution in [0.4, 0.5) is 0 Å². The monoisotopic (exact) mass is 321 g/mol. The van der Waals surface area contributed by atoms with Gasteiger partial charge in [-0.2, -0.15) is 0 Å². The molecule has 0 fully saturated rings. The Balaban J connectivity index is 1.96. The second kappa shape index (κ2) is 5.28. The van der Waals surface area contributed by atoms with Gasteiger partial charge in [0.2, 0.25) is 0 Å². The summed E-state index contributed by atoms with van der Waals surface area (Å²) in [5.41, 5.74) is 5.64. The quantitative estimate of drug-likeness (QED) is 0.515. The molecule has 0 bridgehead atoms. The number of benzene rings is 2. The predicted octanol–water partition coefficient (Wildman–Crippen LogP) is 4.90. The first-order chi connectivity index (χ1) is 11.1. The van der Waals surface area contributed by atoms with Crippen LogP contribution in [0.3, 0.4) is 0 Å². The van der Waals surface area contributed by atoms with Crippen LogP contribution in [-0.4, -0.2) is 14.1 Å². The van der Waals surface area contributed by atoms with Crippen LogP contribution in [0.2, 0.25) is 5.02 Å². The second-order valence-corrected chi connectivity index (χ2v) is 6.20. The van der Waals surface area contributed by atoms with Crippen molar-refractivity contribution in [3.63, 3.8) is 0 Å². The van der Waals surface area contributed by atoms with Gasteiger partial charge in [0, 0.05) is 42.0 Å². The Morgan fingerprint density at radius 3 is 2.48 bits per heavy atom. The smallest absolute Gasteiger partial charge is 0.0951 e. The third-order valence-corrected chi connectivity index (χ3v) is 4.43. The third-order valence-electron chi connectivity index (χ3n) is 4.18. The summed E-state index contributed by atoms with van der Waals surface area (Å²) in [4.78, 5) is 4.50. The van der Waals surface area contributed by atoms with Gasteiger partial charge in [-0.15, -0.1) is 0 Å². The topological polar surface area (TPSA) is 22.8 Å². The summed E-state index contributed by atoms with van der Waals surface area (Å²) in [6, 6.07) is 16.5. The Hall–Kier alpha value is -2.52. The first kappa shape index (κ1) is 14.1. The van der Waals surface area contributed by atoms with Gasteiger partial charge >= 0.3 is 0 Å². The lowest BCUT2D eigenvalue weighted by Gasteiger charge is -2.07. The number of aryl methyl sites for hydroxylation is 2. The van der Waals surface area contributed by atoms with Crippen molar-refractivity contribution >= 4 is 22.5 Å². The van der Waals surface area contributed by atoms with E-state index < -0.39 is 0 Å². The summed E-state index contributed by atoms with van der Waals surface area (Å²) in [5, 5.41) is 1.96. The molecular weight excluding hydrogens is 306 g/mol. The van der Waals surface area contributed by atoms with Crippen molar-refractivity contribution in [2.45, 2.75) is 0 Å². The molecule has 2 heterocycles. The van der Waals surface area contributed by atoms with E-state index in [-0.39, 0.29) is 0 Å². The fourth-order valence-electron chi connectivity index (χ4n) is 3.07. The number of para-hydroxylation sites is 1. The lowest BCUT2D eigenvalue weighted by atomic mass is 10.1. The first-order valence-electron chi connectivity index (χ1n) is 7.46. The van der Waals surface area contributed by atoms with Crippen molar-refractivity contribution < 1.29 is 0 Å². The standard InChI is InChI=1S/C19H16ClN3/c1-22-11-17(21-12-22)16-5-3-4-14-10-18(23(2)19(14)16)13-6-8-15(20)9-7-13/h3-12H,1-2H3. The molecule has 0 aliphatic heterocycles. The Morgan fingerprint density at radius 2 is 1.78 bits per heavy atom. The van der Waals surface area contributed by atoms with Crippen LogP contribution in [-0.2, 0) is 14.1 Å². The fraction of sp³-hybridized carbons (Fsp3) is 0.105. The molecular formula is C19H16ClN3. The molecule has 23 heavy (non-hydrogen) atoms. The van der Waals surface area contributed by atoms with E-state index in [0.717, 1.165) is 21.8 Å². The van der Waals surface area contributed by atoms with Gasteiger partial charge in [-0.1, -0.05) is 41.9 Å². The Labute approximate surface area is 139 Å². The van der Waals surface area contributed by atoms with Crippen LogP contribution in [0.1, 0.15) is 0 Å². The van der Waals surface area contributed by atoms with Gasteiger partial charge in [0.15, 0.2) is 0 Å². The van der Waals surface area contributed by atoms with E-state index in [1.54, 1.807) is 0 Å². The molecule has 0 spiro atoms. The number of fused-ring (bicyclic) bond motifs is 1. The average Bonchev–Trinajstić information content (AvgIpc) is 3.12. The largest absolute Gasteiger partial charge is 0.343 e. The van der Waals surface area contributed by atoms with E-state index in [2.05, 4.69) is 53.0 Å². The molecule has 0 N–H and O–H groups in total. The van der Waals surface area contributed by atoms with Crippen LogP contribution in [0.5, 0.6) is 0 Å². The summed E-state index contributed by atoms with van der Waals surface area (Å²) >= 11 is 6.01. The molecule has 2 aromatic heterocycles. The number of halogens is 1. The van der Waals surface area contributed by atoms with Crippen LogP contribution in [0.15, 0.2) is 61.1 Å². The summed E-state index contributed by atoms with van der Waals surface area (Å²) in [6.07, 6.45) is 3.88. The molecule has 0 aliphatic carbocycles. The molecule has 0 atom stereocenters. The highest BCUT2D eigenvalue weighted by molar-refractivity contribution is 6.30. The van der Waals surface area contributed by atoms with Gasteiger partial charge in [0.25, 0.3) is 0 Å². The minimum absolute atomic E-state index is 0.752. The van der Waals surface area contributed by atoms with Gasteiger partial charge in [0.05, 0.1) is 17.5 Å². The average molecular weight is 322 g/mol. The molecule has 0 saturated carbocycles. The zero-order valence-electron chi connectivity index (χ0n) is 13.0. The maximum absolute atomic E-state index is 6.01. The molecule has 4 aromatic rings. The highest BCUT2D eigenvalue weighted by Gasteiger charge is 2.13. The zero-order valence-corrected chi connectivity index (χ0v) is 13.7. The van der Waals surface area contributed by atoms with Crippen molar-refractivity contribution in [2.75, 3.05) is 0 Å². The van der Waals surface area contributed by atoms with Crippen molar-refractivity contribution in [3.8, 4) is 22.5 Å². The van der Waals surface area contributed by atoms with Crippen LogP contribution in [0, 0.1) is 0 Å². The molecule has 0 saturated heterocycles. The number of hydrogen-bond acceptors (Lipinski definition) is 1. The number of rotatable bonds is 2. The first-order valence-corrected chi connectivity index (χ1v) is 7.84. The number of hydrogen-bond donors (Lipinski definition) is 0. The van der Waals surface area contributed by atoms with Crippen molar-refractivity contribution in [1.82, 2.24) is 14.1 Å². The Kier molecular flexibility index (Phi) is 3.24. The van der Waals surface area contributed by atoms with E-state index >= 15 is 0 Å². The van der Waals surface area contributed by atoms with Gasteiger partial charge in [-0.05, 0) is 23.8 Å². The molecule has 2 aromatic carbocycles. The summed E-state index contributed by atoms with van der Waals surface area (Å²) in [7, 11) is 4.08. The lowest BCUT2D eigenvalue weighted by molar-refractivity contribution is 0.913. The normalized spacial score (nSPS) is 11.3. The SMILES string of the molecule is Cn1cnc(-c2cccc3cc(-c4ccc(Cl)cc4)n(C)c23)c1. The van der Waals surface area contributed by atoms with E-state index in [0.29, 0.717) is 0 Å². The Bertz CT molecular complexity index is 993. The van der Waals surface area contributed by atoms with Gasteiger partial charge in [0.1, 0.15) is 0 Å². The van der Waals surface area contributed by atoms with Crippen LogP contribution >= 0.6 is 11.6 Å². The number of imidazole rings is 1. The summed E-state index contributed by atoms with van der Waals surface area (Å²) < 4.78 is 4.19. The molecule has 0 radical (unpaired) electrons. The number of nitrogens with zero attached hydrogens (tertiary/aromatic N) is 3. The second-order valence-electron chi connectivity index (χ2n) is 5.76. The molecule has 0 amide bonds. The molecule has 3 nitrogen and oxygen atoms in total. The van der Waals surface area contributed by atoms with E-state index in [1.165, 1.54) is 16.6 Å². The maximum Gasteiger partial charge on any atom is 0.0951 e. The molecule has 4 heteroatoms. The van der Waals surface area contributed by atoms with Crippen molar-refractivity contribution in [3.05, 3.63) is 66.1 Å². The van der Waals surface area contributed by atoms with Crippen LogP contribution < -0.4 is 0 Å². The highest BCUT2D eigenvalue weighted by atomic mass is 35.5. The minimum atomic E-state index is 0.752. The van der Waals surface area contributed by atoms with E-state index in [1.807, 2.05) is 36.3 Å². The van der Waals surface area contributed by atoms with Crippen molar-refractivity contribution in [1.29, 1.82) is 0 Å². The van der Waals surface area contributed by atoms with Crippen molar-refractivity contribution in [2.24, 2.45) is 14.1 Å².